The predicted molar refractivity (Wildman–Crippen MR) is 73.0 cm³/mol. The first-order valence-corrected chi connectivity index (χ1v) is 5.85. The molecule has 2 aromatic rings. The van der Waals surface area contributed by atoms with Crippen molar-refractivity contribution in [1.82, 2.24) is 9.97 Å². The van der Waals surface area contributed by atoms with E-state index in [1.165, 1.54) is 12.4 Å². The molecule has 0 spiro atoms. The second kappa shape index (κ2) is 5.06. The molecule has 1 N–H and O–H groups in total. The molecule has 1 aromatic carbocycles. The summed E-state index contributed by atoms with van der Waals surface area (Å²) in [7, 11) is 1.87. The van der Waals surface area contributed by atoms with E-state index < -0.39 is 5.97 Å². The van der Waals surface area contributed by atoms with E-state index >= 15 is 0 Å². The van der Waals surface area contributed by atoms with Crippen molar-refractivity contribution in [2.24, 2.45) is 0 Å². The zero-order chi connectivity index (χ0) is 14.0. The topological polar surface area (TPSA) is 66.3 Å². The molecule has 0 amide bonds. The molecule has 0 unspecified atom stereocenters. The Morgan fingerprint density at radius 3 is 2.21 bits per heavy atom. The van der Waals surface area contributed by atoms with Crippen LogP contribution in [0.1, 0.15) is 21.6 Å². The van der Waals surface area contributed by atoms with Gasteiger partial charge in [0.2, 0.25) is 0 Å². The van der Waals surface area contributed by atoms with Gasteiger partial charge in [0, 0.05) is 12.7 Å². The first-order valence-electron chi connectivity index (χ1n) is 5.85. The summed E-state index contributed by atoms with van der Waals surface area (Å²) in [5, 5.41) is 8.79. The van der Waals surface area contributed by atoms with Gasteiger partial charge in [0.25, 0.3) is 0 Å². The standard InChI is InChI=1S/C14H15N3O2/c1-9-4-10(2)6-11(5-9)17(3)13-8-15-12(7-16-13)14(18)19/h4-8H,1-3H3,(H,18,19). The number of carboxylic acid groups (broad SMARTS) is 1. The molecule has 0 aliphatic carbocycles. The van der Waals surface area contributed by atoms with E-state index in [0.29, 0.717) is 5.82 Å². The molecule has 5 heteroatoms. The minimum atomic E-state index is -1.08. The first-order chi connectivity index (χ1) is 8.97. The highest BCUT2D eigenvalue weighted by Gasteiger charge is 2.09. The number of hydrogen-bond donors (Lipinski definition) is 1. The van der Waals surface area contributed by atoms with Crippen molar-refractivity contribution in [3.8, 4) is 0 Å². The van der Waals surface area contributed by atoms with E-state index in [2.05, 4.69) is 16.0 Å². The summed E-state index contributed by atoms with van der Waals surface area (Å²) in [5.41, 5.74) is 3.27. The Kier molecular flexibility index (Phi) is 3.46. The average molecular weight is 257 g/mol. The van der Waals surface area contributed by atoms with Gasteiger partial charge in [0.1, 0.15) is 0 Å². The molecule has 0 atom stereocenters. The average Bonchev–Trinajstić information content (AvgIpc) is 2.37. The van der Waals surface area contributed by atoms with Crippen LogP contribution in [0.25, 0.3) is 0 Å². The SMILES string of the molecule is Cc1cc(C)cc(N(C)c2cnc(C(=O)O)cn2)c1. The number of hydrogen-bond acceptors (Lipinski definition) is 4. The third-order valence-corrected chi connectivity index (χ3v) is 2.79. The molecule has 98 valence electrons. The summed E-state index contributed by atoms with van der Waals surface area (Å²) < 4.78 is 0. The van der Waals surface area contributed by atoms with Crippen molar-refractivity contribution in [1.29, 1.82) is 0 Å². The maximum atomic E-state index is 10.7. The fourth-order valence-electron chi connectivity index (χ4n) is 1.88. The highest BCUT2D eigenvalue weighted by molar-refractivity contribution is 5.85. The van der Waals surface area contributed by atoms with E-state index in [0.717, 1.165) is 16.8 Å². The molecular weight excluding hydrogens is 242 g/mol. The van der Waals surface area contributed by atoms with Crippen LogP contribution in [0.5, 0.6) is 0 Å². The molecule has 0 saturated carbocycles. The lowest BCUT2D eigenvalue weighted by molar-refractivity contribution is 0.0690. The lowest BCUT2D eigenvalue weighted by Gasteiger charge is -2.19. The maximum Gasteiger partial charge on any atom is 0.356 e. The molecule has 2 rings (SSSR count). The van der Waals surface area contributed by atoms with E-state index in [4.69, 9.17) is 5.11 Å². The van der Waals surface area contributed by atoms with Crippen LogP contribution in [-0.4, -0.2) is 28.1 Å². The van der Waals surface area contributed by atoms with Gasteiger partial charge in [-0.3, -0.25) is 0 Å². The predicted octanol–water partition coefficient (Wildman–Crippen LogP) is 2.56. The normalized spacial score (nSPS) is 10.3. The number of nitrogens with zero attached hydrogens (tertiary/aromatic N) is 3. The van der Waals surface area contributed by atoms with E-state index in [-0.39, 0.29) is 5.69 Å². The molecule has 0 fully saturated rings. The van der Waals surface area contributed by atoms with Crippen molar-refractivity contribution in [2.75, 3.05) is 11.9 Å². The number of aryl methyl sites for hydroxylation is 2. The molecule has 0 aliphatic rings. The van der Waals surface area contributed by atoms with Crippen molar-refractivity contribution in [3.63, 3.8) is 0 Å². The maximum absolute atomic E-state index is 10.7. The Hall–Kier alpha value is -2.43. The van der Waals surface area contributed by atoms with Crippen LogP contribution < -0.4 is 4.90 Å². The van der Waals surface area contributed by atoms with Crippen molar-refractivity contribution in [2.45, 2.75) is 13.8 Å². The first kappa shape index (κ1) is 13.0. The monoisotopic (exact) mass is 257 g/mol. The van der Waals surface area contributed by atoms with Gasteiger partial charge in [0.15, 0.2) is 11.5 Å². The molecule has 0 aliphatic heterocycles. The number of aromatic nitrogens is 2. The van der Waals surface area contributed by atoms with Crippen molar-refractivity contribution in [3.05, 3.63) is 47.4 Å². The minimum Gasteiger partial charge on any atom is -0.476 e. The second-order valence-corrected chi connectivity index (χ2v) is 4.47. The Balaban J connectivity index is 2.32. The van der Waals surface area contributed by atoms with Gasteiger partial charge in [-0.15, -0.1) is 0 Å². The van der Waals surface area contributed by atoms with Crippen molar-refractivity contribution >= 4 is 17.5 Å². The number of carboxylic acids is 1. The van der Waals surface area contributed by atoms with Gasteiger partial charge >= 0.3 is 5.97 Å². The highest BCUT2D eigenvalue weighted by atomic mass is 16.4. The molecule has 19 heavy (non-hydrogen) atoms. The van der Waals surface area contributed by atoms with Crippen LogP contribution in [0.4, 0.5) is 11.5 Å². The smallest absolute Gasteiger partial charge is 0.356 e. The van der Waals surface area contributed by atoms with Gasteiger partial charge in [-0.2, -0.15) is 0 Å². The fraction of sp³-hybridized carbons (Fsp3) is 0.214. The Bertz CT molecular complexity index is 588. The minimum absolute atomic E-state index is 0.0578. The second-order valence-electron chi connectivity index (χ2n) is 4.47. The van der Waals surface area contributed by atoms with Crippen LogP contribution in [0.2, 0.25) is 0 Å². The Morgan fingerprint density at radius 1 is 1.11 bits per heavy atom. The fourth-order valence-corrected chi connectivity index (χ4v) is 1.88. The summed E-state index contributed by atoms with van der Waals surface area (Å²) in [6.45, 7) is 4.06. The summed E-state index contributed by atoms with van der Waals surface area (Å²) in [6, 6.07) is 6.18. The summed E-state index contributed by atoms with van der Waals surface area (Å²) in [5.74, 6) is -0.469. The quantitative estimate of drug-likeness (QED) is 0.915. The molecule has 0 bridgehead atoms. The Morgan fingerprint density at radius 2 is 1.74 bits per heavy atom. The third kappa shape index (κ3) is 2.88. The van der Waals surface area contributed by atoms with E-state index in [1.54, 1.807) is 0 Å². The molecule has 0 radical (unpaired) electrons. The van der Waals surface area contributed by atoms with Gasteiger partial charge in [-0.25, -0.2) is 14.8 Å². The molecule has 1 heterocycles. The summed E-state index contributed by atoms with van der Waals surface area (Å²) >= 11 is 0. The molecule has 1 aromatic heterocycles. The van der Waals surface area contributed by atoms with Crippen LogP contribution in [0.3, 0.4) is 0 Å². The lowest BCUT2D eigenvalue weighted by Crippen LogP contribution is -2.13. The van der Waals surface area contributed by atoms with Gasteiger partial charge < -0.3 is 10.0 Å². The summed E-state index contributed by atoms with van der Waals surface area (Å²) in [4.78, 5) is 20.6. The van der Waals surface area contributed by atoms with Crippen molar-refractivity contribution < 1.29 is 9.90 Å². The largest absolute Gasteiger partial charge is 0.476 e. The third-order valence-electron chi connectivity index (χ3n) is 2.79. The number of rotatable bonds is 3. The van der Waals surface area contributed by atoms with E-state index in [9.17, 15) is 4.79 Å². The Labute approximate surface area is 111 Å². The zero-order valence-corrected chi connectivity index (χ0v) is 11.1. The van der Waals surface area contributed by atoms with Gasteiger partial charge in [-0.05, 0) is 37.1 Å². The zero-order valence-electron chi connectivity index (χ0n) is 11.1. The number of benzene rings is 1. The summed E-state index contributed by atoms with van der Waals surface area (Å²) in [6.07, 6.45) is 2.72. The van der Waals surface area contributed by atoms with Crippen LogP contribution in [-0.2, 0) is 0 Å². The van der Waals surface area contributed by atoms with Gasteiger partial charge in [-0.1, -0.05) is 6.07 Å². The number of carbonyl (C=O) groups is 1. The molecule has 0 saturated heterocycles. The van der Waals surface area contributed by atoms with Gasteiger partial charge in [0.05, 0.1) is 12.4 Å². The highest BCUT2D eigenvalue weighted by Crippen LogP contribution is 2.23. The van der Waals surface area contributed by atoms with Crippen LogP contribution >= 0.6 is 0 Å². The number of aromatic carboxylic acids is 1. The van der Waals surface area contributed by atoms with E-state index in [1.807, 2.05) is 37.9 Å². The molecule has 5 nitrogen and oxygen atoms in total. The lowest BCUT2D eigenvalue weighted by atomic mass is 10.1. The van der Waals surface area contributed by atoms with Crippen LogP contribution in [0, 0.1) is 13.8 Å². The van der Waals surface area contributed by atoms with Crippen LogP contribution in [0.15, 0.2) is 30.6 Å². The molecular formula is C14H15N3O2. The number of anilines is 2.